The molecule has 1 aromatic carbocycles. The smallest absolute Gasteiger partial charge is 0.222 e. The van der Waals surface area contributed by atoms with Crippen molar-refractivity contribution in [1.82, 2.24) is 14.7 Å². The van der Waals surface area contributed by atoms with Crippen molar-refractivity contribution in [3.8, 4) is 5.75 Å². The van der Waals surface area contributed by atoms with Gasteiger partial charge in [0, 0.05) is 38.4 Å². The molecule has 1 aliphatic heterocycles. The van der Waals surface area contributed by atoms with E-state index >= 15 is 0 Å². The number of carbonyl (C=O) groups excluding carboxylic acids is 1. The number of aliphatic hydroxyl groups is 1. The van der Waals surface area contributed by atoms with Gasteiger partial charge in [-0.05, 0) is 61.4 Å². The Hall–Kier alpha value is -2.41. The summed E-state index contributed by atoms with van der Waals surface area (Å²) in [6.07, 6.45) is 5.37. The van der Waals surface area contributed by atoms with Gasteiger partial charge in [0.05, 0.1) is 6.10 Å². The largest absolute Gasteiger partial charge is 0.488 e. The van der Waals surface area contributed by atoms with E-state index in [2.05, 4.69) is 5.10 Å². The molecule has 1 saturated carbocycles. The quantitative estimate of drug-likeness (QED) is 0.827. The molecule has 1 saturated heterocycles. The third-order valence-corrected chi connectivity index (χ3v) is 5.88. The molecular weight excluding hydrogens is 361 g/mol. The first kappa shape index (κ1) is 18.9. The Labute approximate surface area is 163 Å². The number of likely N-dealkylation sites (tertiary alicyclic amines) is 1. The van der Waals surface area contributed by atoms with E-state index in [1.165, 1.54) is 12.1 Å². The van der Waals surface area contributed by atoms with Crippen molar-refractivity contribution in [3.63, 3.8) is 0 Å². The summed E-state index contributed by atoms with van der Waals surface area (Å²) < 4.78 is 20.8. The number of hydrogen-bond acceptors (Lipinski definition) is 4. The highest BCUT2D eigenvalue weighted by Gasteiger charge is 2.43. The second kappa shape index (κ2) is 8.31. The van der Waals surface area contributed by atoms with Crippen molar-refractivity contribution >= 4 is 5.91 Å². The number of nitrogens with zero attached hydrogens (tertiary/aromatic N) is 3. The van der Waals surface area contributed by atoms with Crippen LogP contribution in [0.5, 0.6) is 5.75 Å². The Morgan fingerprint density at radius 3 is 2.68 bits per heavy atom. The van der Waals surface area contributed by atoms with Gasteiger partial charge in [0.25, 0.3) is 0 Å². The number of aryl methyl sites for hydroxylation is 1. The van der Waals surface area contributed by atoms with Gasteiger partial charge in [-0.15, -0.1) is 0 Å². The van der Waals surface area contributed by atoms with Gasteiger partial charge < -0.3 is 14.7 Å². The topological polar surface area (TPSA) is 67.6 Å². The molecule has 7 heteroatoms. The molecule has 1 aromatic heterocycles. The van der Waals surface area contributed by atoms with Gasteiger partial charge in [0.2, 0.25) is 5.91 Å². The van der Waals surface area contributed by atoms with Gasteiger partial charge in [-0.2, -0.15) is 5.10 Å². The lowest BCUT2D eigenvalue weighted by molar-refractivity contribution is -0.130. The van der Waals surface area contributed by atoms with Gasteiger partial charge in [-0.1, -0.05) is 0 Å². The Balaban J connectivity index is 1.28. The van der Waals surface area contributed by atoms with E-state index in [-0.39, 0.29) is 17.8 Å². The highest BCUT2D eigenvalue weighted by atomic mass is 19.1. The van der Waals surface area contributed by atoms with Crippen LogP contribution in [0.3, 0.4) is 0 Å². The van der Waals surface area contributed by atoms with Crippen LogP contribution in [0.2, 0.25) is 0 Å². The van der Waals surface area contributed by atoms with Gasteiger partial charge in [0.15, 0.2) is 0 Å². The molecule has 4 rings (SSSR count). The van der Waals surface area contributed by atoms with Crippen molar-refractivity contribution in [2.24, 2.45) is 11.8 Å². The summed E-state index contributed by atoms with van der Waals surface area (Å²) in [5.41, 5.74) is 0. The first-order valence-corrected chi connectivity index (χ1v) is 9.94. The number of carbonyl (C=O) groups is 1. The van der Waals surface area contributed by atoms with Crippen molar-refractivity contribution in [1.29, 1.82) is 0 Å². The first-order valence-electron chi connectivity index (χ1n) is 9.94. The third-order valence-electron chi connectivity index (χ3n) is 5.88. The fourth-order valence-corrected chi connectivity index (χ4v) is 4.39. The molecule has 2 aliphatic rings. The van der Waals surface area contributed by atoms with E-state index in [0.29, 0.717) is 43.4 Å². The number of halogens is 1. The predicted octanol–water partition coefficient (Wildman–Crippen LogP) is 2.48. The van der Waals surface area contributed by atoms with Crippen LogP contribution in [0.4, 0.5) is 4.39 Å². The molecule has 0 spiro atoms. The number of ether oxygens (including phenoxy) is 1. The standard InChI is InChI=1S/C21H26FN3O3/c22-17-4-6-18(7-5-17)28-20-12-16-14-24(13-15(16)11-19(20)26)21(27)3-1-9-25-10-2-8-23-25/h2,4-8,10,15-16,19-20,26H,1,3,9,11-14H2/t15-,16+,19+,20+/m0/s1. The summed E-state index contributed by atoms with van der Waals surface area (Å²) in [7, 11) is 0. The summed E-state index contributed by atoms with van der Waals surface area (Å²) in [4.78, 5) is 14.5. The maximum absolute atomic E-state index is 13.1. The number of rotatable bonds is 6. The molecule has 0 bridgehead atoms. The normalized spacial score (nSPS) is 26.9. The molecular formula is C21H26FN3O3. The third kappa shape index (κ3) is 4.35. The Kier molecular flexibility index (Phi) is 5.62. The van der Waals surface area contributed by atoms with Crippen molar-refractivity contribution < 1.29 is 19.0 Å². The highest BCUT2D eigenvalue weighted by Crippen LogP contribution is 2.38. The number of fused-ring (bicyclic) bond motifs is 1. The molecule has 150 valence electrons. The van der Waals surface area contributed by atoms with Crippen LogP contribution in [-0.2, 0) is 11.3 Å². The summed E-state index contributed by atoms with van der Waals surface area (Å²) in [5, 5.41) is 14.6. The lowest BCUT2D eigenvalue weighted by atomic mass is 9.78. The van der Waals surface area contributed by atoms with Crippen LogP contribution in [0.15, 0.2) is 42.7 Å². The molecule has 1 amide bonds. The van der Waals surface area contributed by atoms with Crippen LogP contribution in [-0.4, -0.2) is 51.0 Å². The zero-order valence-corrected chi connectivity index (χ0v) is 15.8. The summed E-state index contributed by atoms with van der Waals surface area (Å²) in [6, 6.07) is 7.75. The average Bonchev–Trinajstić information content (AvgIpc) is 3.33. The lowest BCUT2D eigenvalue weighted by Gasteiger charge is -2.35. The summed E-state index contributed by atoms with van der Waals surface area (Å²) >= 11 is 0. The Bertz CT molecular complexity index is 781. The first-order chi connectivity index (χ1) is 13.6. The van der Waals surface area contributed by atoms with E-state index in [1.807, 2.05) is 21.8 Å². The van der Waals surface area contributed by atoms with Crippen LogP contribution in [0, 0.1) is 17.7 Å². The minimum absolute atomic E-state index is 0.173. The Morgan fingerprint density at radius 1 is 1.21 bits per heavy atom. The zero-order valence-electron chi connectivity index (χ0n) is 15.8. The average molecular weight is 387 g/mol. The van der Waals surface area contributed by atoms with Crippen LogP contribution < -0.4 is 4.74 Å². The molecule has 2 fully saturated rings. The van der Waals surface area contributed by atoms with Crippen molar-refractivity contribution in [2.75, 3.05) is 13.1 Å². The number of amides is 1. The maximum atomic E-state index is 13.1. The fraction of sp³-hybridized carbons (Fsp3) is 0.524. The molecule has 1 N–H and O–H groups in total. The second-order valence-corrected chi connectivity index (χ2v) is 7.84. The lowest BCUT2D eigenvalue weighted by Crippen LogP contribution is -2.42. The van der Waals surface area contributed by atoms with Gasteiger partial charge in [0.1, 0.15) is 17.7 Å². The number of aliphatic hydroxyl groups excluding tert-OH is 1. The molecule has 1 aliphatic carbocycles. The van der Waals surface area contributed by atoms with Gasteiger partial charge in [-0.3, -0.25) is 9.48 Å². The maximum Gasteiger partial charge on any atom is 0.222 e. The monoisotopic (exact) mass is 387 g/mol. The van der Waals surface area contributed by atoms with E-state index in [4.69, 9.17) is 4.74 Å². The van der Waals surface area contributed by atoms with Crippen molar-refractivity contribution in [3.05, 3.63) is 48.5 Å². The minimum Gasteiger partial charge on any atom is -0.488 e. The molecule has 0 radical (unpaired) electrons. The van der Waals surface area contributed by atoms with E-state index in [9.17, 15) is 14.3 Å². The zero-order chi connectivity index (χ0) is 19.5. The number of hydrogen-bond donors (Lipinski definition) is 1. The molecule has 0 unspecified atom stereocenters. The van der Waals surface area contributed by atoms with Crippen LogP contribution in [0.25, 0.3) is 0 Å². The molecule has 4 atom stereocenters. The summed E-state index contributed by atoms with van der Waals surface area (Å²) in [6.45, 7) is 2.18. The SMILES string of the molecule is O=C(CCCn1cccn1)N1C[C@H]2C[C@@H](Oc3ccc(F)cc3)[C@H](O)C[C@H]2C1. The van der Waals surface area contributed by atoms with E-state index < -0.39 is 6.10 Å². The fourth-order valence-electron chi connectivity index (χ4n) is 4.39. The highest BCUT2D eigenvalue weighted by molar-refractivity contribution is 5.76. The molecule has 6 nitrogen and oxygen atoms in total. The van der Waals surface area contributed by atoms with E-state index in [1.54, 1.807) is 18.3 Å². The molecule has 2 heterocycles. The minimum atomic E-state index is -0.568. The van der Waals surface area contributed by atoms with Crippen LogP contribution in [0.1, 0.15) is 25.7 Å². The van der Waals surface area contributed by atoms with E-state index in [0.717, 1.165) is 19.5 Å². The molecule has 28 heavy (non-hydrogen) atoms. The second-order valence-electron chi connectivity index (χ2n) is 7.84. The number of aromatic nitrogens is 2. The predicted molar refractivity (Wildman–Crippen MR) is 101 cm³/mol. The summed E-state index contributed by atoms with van der Waals surface area (Å²) in [5.74, 6) is 1.08. The van der Waals surface area contributed by atoms with Crippen molar-refractivity contribution in [2.45, 2.75) is 44.4 Å². The Morgan fingerprint density at radius 2 is 1.96 bits per heavy atom. The number of benzene rings is 1. The van der Waals surface area contributed by atoms with Gasteiger partial charge >= 0.3 is 0 Å². The molecule has 2 aromatic rings. The van der Waals surface area contributed by atoms with Gasteiger partial charge in [-0.25, -0.2) is 4.39 Å². The van der Waals surface area contributed by atoms with Crippen LogP contribution >= 0.6 is 0 Å².